The number of rotatable bonds is 5. The highest BCUT2D eigenvalue weighted by molar-refractivity contribution is 7.90. The number of fused-ring (bicyclic) bond motifs is 2. The Morgan fingerprint density at radius 3 is 2.70 bits per heavy atom. The zero-order valence-corrected chi connectivity index (χ0v) is 17.9. The van der Waals surface area contributed by atoms with Crippen LogP contribution in [-0.2, 0) is 10.0 Å². The predicted molar refractivity (Wildman–Crippen MR) is 116 cm³/mol. The van der Waals surface area contributed by atoms with E-state index in [1.807, 2.05) is 12.1 Å². The fourth-order valence-corrected chi connectivity index (χ4v) is 5.33. The number of aromatic nitrogens is 4. The van der Waals surface area contributed by atoms with Gasteiger partial charge >= 0.3 is 6.36 Å². The van der Waals surface area contributed by atoms with Crippen molar-refractivity contribution < 1.29 is 26.3 Å². The molecule has 8 nitrogen and oxygen atoms in total. The Morgan fingerprint density at radius 1 is 1.06 bits per heavy atom. The first-order chi connectivity index (χ1) is 15.7. The van der Waals surface area contributed by atoms with Crippen LogP contribution < -0.4 is 10.1 Å². The van der Waals surface area contributed by atoms with E-state index in [0.717, 1.165) is 26.3 Å². The lowest BCUT2D eigenvalue weighted by molar-refractivity contribution is -0.275. The van der Waals surface area contributed by atoms with Crippen LogP contribution in [0, 0.1) is 0 Å². The highest BCUT2D eigenvalue weighted by Crippen LogP contribution is 2.32. The quantitative estimate of drug-likeness (QED) is 0.373. The standard InChI is InChI=1S/C20H12F3N5O3S2/c21-20(22,23)31-15-3-1-2-4-17(15)33(29,30)28-8-7-12-10-24-19(27-18(12)28)26-13-5-6-14-16(9-13)32-11-25-14/h1-11H,(H,24,26,27). The van der Waals surface area contributed by atoms with Crippen molar-refractivity contribution >= 4 is 54.2 Å². The molecule has 0 amide bonds. The average molecular weight is 491 g/mol. The summed E-state index contributed by atoms with van der Waals surface area (Å²) >= 11 is 1.46. The van der Waals surface area contributed by atoms with Crippen molar-refractivity contribution in [3.05, 3.63) is 66.4 Å². The lowest BCUT2D eigenvalue weighted by Gasteiger charge is -2.14. The van der Waals surface area contributed by atoms with Crippen molar-refractivity contribution in [3.8, 4) is 5.75 Å². The van der Waals surface area contributed by atoms with Crippen LogP contribution in [0.3, 0.4) is 0 Å². The molecule has 0 aliphatic carbocycles. The monoisotopic (exact) mass is 491 g/mol. The molecule has 1 N–H and O–H groups in total. The summed E-state index contributed by atoms with van der Waals surface area (Å²) < 4.78 is 70.5. The second kappa shape index (κ2) is 7.71. The first-order valence-electron chi connectivity index (χ1n) is 9.25. The van der Waals surface area contributed by atoms with Gasteiger partial charge in [0.15, 0.2) is 5.65 Å². The molecule has 0 bridgehead atoms. The van der Waals surface area contributed by atoms with Crippen LogP contribution in [0.25, 0.3) is 21.3 Å². The number of hydrogen-bond acceptors (Lipinski definition) is 8. The number of ether oxygens (including phenoxy) is 1. The summed E-state index contributed by atoms with van der Waals surface area (Å²) in [7, 11) is -4.47. The minimum atomic E-state index is -5.05. The van der Waals surface area contributed by atoms with E-state index in [1.165, 1.54) is 41.9 Å². The highest BCUT2D eigenvalue weighted by atomic mass is 32.2. The molecule has 0 saturated heterocycles. The number of halogens is 3. The number of nitrogens with one attached hydrogen (secondary N) is 1. The summed E-state index contributed by atoms with van der Waals surface area (Å²) in [5, 5.41) is 3.39. The van der Waals surface area contributed by atoms with Crippen molar-refractivity contribution in [2.24, 2.45) is 0 Å². The second-order valence-corrected chi connectivity index (χ2v) is 9.41. The van der Waals surface area contributed by atoms with Crippen molar-refractivity contribution in [2.75, 3.05) is 5.32 Å². The van der Waals surface area contributed by atoms with E-state index in [0.29, 0.717) is 11.1 Å². The zero-order valence-electron chi connectivity index (χ0n) is 16.3. The molecule has 2 aromatic carbocycles. The van der Waals surface area contributed by atoms with Crippen LogP contribution in [0.2, 0.25) is 0 Å². The summed E-state index contributed by atoms with van der Waals surface area (Å²) in [6, 6.07) is 11.4. The molecule has 0 unspecified atom stereocenters. The third-order valence-corrected chi connectivity index (χ3v) is 7.09. The Balaban J connectivity index is 1.55. The maximum Gasteiger partial charge on any atom is 0.573 e. The molecule has 3 aromatic heterocycles. The fourth-order valence-electron chi connectivity index (χ4n) is 3.19. The van der Waals surface area contributed by atoms with Gasteiger partial charge in [-0.25, -0.2) is 22.4 Å². The lowest BCUT2D eigenvalue weighted by Crippen LogP contribution is -2.20. The first kappa shape index (κ1) is 21.2. The molecule has 0 fully saturated rings. The van der Waals surface area contributed by atoms with Crippen LogP contribution >= 0.6 is 11.3 Å². The van der Waals surface area contributed by atoms with E-state index in [4.69, 9.17) is 0 Å². The Bertz CT molecular complexity index is 1600. The minimum Gasteiger partial charge on any atom is -0.404 e. The fraction of sp³-hybridized carbons (Fsp3) is 0.0500. The number of alkyl halides is 3. The van der Waals surface area contributed by atoms with E-state index in [2.05, 4.69) is 25.0 Å². The SMILES string of the molecule is O=S(=O)(c1ccccc1OC(F)(F)F)n1ccc2cnc(Nc3ccc4ncsc4c3)nc21. The molecule has 3 heterocycles. The van der Waals surface area contributed by atoms with Crippen LogP contribution in [0.5, 0.6) is 5.75 Å². The first-order valence-corrected chi connectivity index (χ1v) is 11.6. The van der Waals surface area contributed by atoms with Gasteiger partial charge in [0.2, 0.25) is 5.95 Å². The zero-order chi connectivity index (χ0) is 23.2. The third-order valence-electron chi connectivity index (χ3n) is 4.59. The molecule has 168 valence electrons. The lowest BCUT2D eigenvalue weighted by atomic mass is 10.3. The van der Waals surface area contributed by atoms with Gasteiger partial charge in [-0.2, -0.15) is 4.98 Å². The van der Waals surface area contributed by atoms with Gasteiger partial charge in [0.05, 0.1) is 15.7 Å². The Kier molecular flexibility index (Phi) is 4.94. The second-order valence-electron chi connectivity index (χ2n) is 6.74. The minimum absolute atomic E-state index is 0.00631. The van der Waals surface area contributed by atoms with Crippen LogP contribution in [-0.4, -0.2) is 33.7 Å². The van der Waals surface area contributed by atoms with Crippen LogP contribution in [0.15, 0.2) is 71.3 Å². The normalized spacial score (nSPS) is 12.3. The van der Waals surface area contributed by atoms with Gasteiger partial charge < -0.3 is 10.1 Å². The van der Waals surface area contributed by atoms with Gasteiger partial charge in [-0.05, 0) is 36.4 Å². The molecule has 33 heavy (non-hydrogen) atoms. The Labute approximate surface area is 188 Å². The Morgan fingerprint density at radius 2 is 1.88 bits per heavy atom. The van der Waals surface area contributed by atoms with Crippen molar-refractivity contribution in [1.29, 1.82) is 0 Å². The van der Waals surface area contributed by atoms with Crippen molar-refractivity contribution in [1.82, 2.24) is 18.9 Å². The largest absolute Gasteiger partial charge is 0.573 e. The topological polar surface area (TPSA) is 99.0 Å². The van der Waals surface area contributed by atoms with Crippen molar-refractivity contribution in [3.63, 3.8) is 0 Å². The molecule has 0 saturated carbocycles. The van der Waals surface area contributed by atoms with E-state index >= 15 is 0 Å². The smallest absolute Gasteiger partial charge is 0.404 e. The van der Waals surface area contributed by atoms with Crippen molar-refractivity contribution in [2.45, 2.75) is 11.3 Å². The van der Waals surface area contributed by atoms with Crippen LogP contribution in [0.1, 0.15) is 0 Å². The number of hydrogen-bond donors (Lipinski definition) is 1. The van der Waals surface area contributed by atoms with Gasteiger partial charge in [0.25, 0.3) is 10.0 Å². The number of nitrogens with zero attached hydrogens (tertiary/aromatic N) is 4. The molecular formula is C20H12F3N5O3S2. The number of para-hydroxylation sites is 1. The summed E-state index contributed by atoms with van der Waals surface area (Å²) in [4.78, 5) is 12.0. The molecule has 0 aliphatic heterocycles. The van der Waals surface area contributed by atoms with Gasteiger partial charge in [0, 0.05) is 23.5 Å². The van der Waals surface area contributed by atoms with Gasteiger partial charge in [0.1, 0.15) is 10.6 Å². The molecule has 0 atom stereocenters. The van der Waals surface area contributed by atoms with E-state index in [-0.39, 0.29) is 11.6 Å². The van der Waals surface area contributed by atoms with Gasteiger partial charge in [-0.3, -0.25) is 0 Å². The van der Waals surface area contributed by atoms with Gasteiger partial charge in [-0.1, -0.05) is 12.1 Å². The van der Waals surface area contributed by atoms with E-state index in [9.17, 15) is 21.6 Å². The molecule has 0 spiro atoms. The summed E-state index contributed by atoms with van der Waals surface area (Å²) in [6.45, 7) is 0. The van der Waals surface area contributed by atoms with Gasteiger partial charge in [-0.15, -0.1) is 24.5 Å². The Hall–Kier alpha value is -3.71. The molecule has 5 rings (SSSR count). The molecular weight excluding hydrogens is 479 g/mol. The summed E-state index contributed by atoms with van der Waals surface area (Å²) in [5.74, 6) is -0.724. The maximum atomic E-state index is 13.2. The molecule has 13 heteroatoms. The van der Waals surface area contributed by atoms with E-state index in [1.54, 1.807) is 11.6 Å². The third kappa shape index (κ3) is 4.07. The maximum absolute atomic E-state index is 13.2. The molecule has 5 aromatic rings. The highest BCUT2D eigenvalue weighted by Gasteiger charge is 2.34. The average Bonchev–Trinajstić information content (AvgIpc) is 3.39. The summed E-state index contributed by atoms with van der Waals surface area (Å²) in [5.41, 5.74) is 3.21. The number of thiazole rings is 1. The number of anilines is 2. The number of benzene rings is 2. The summed E-state index contributed by atoms with van der Waals surface area (Å²) in [6.07, 6.45) is -2.44. The molecule has 0 aliphatic rings. The molecule has 0 radical (unpaired) electrons. The van der Waals surface area contributed by atoms with Crippen LogP contribution in [0.4, 0.5) is 24.8 Å². The predicted octanol–water partition coefficient (Wildman–Crippen LogP) is 4.92. The van der Waals surface area contributed by atoms with E-state index < -0.39 is 27.0 Å².